The van der Waals surface area contributed by atoms with Gasteiger partial charge in [0.15, 0.2) is 5.69 Å². The van der Waals surface area contributed by atoms with Gasteiger partial charge in [-0.2, -0.15) is 5.10 Å². The highest BCUT2D eigenvalue weighted by Gasteiger charge is 2.20. The lowest BCUT2D eigenvalue weighted by Crippen LogP contribution is -2.17. The fourth-order valence-electron chi connectivity index (χ4n) is 1.03. The van der Waals surface area contributed by atoms with Crippen LogP contribution in [-0.4, -0.2) is 28.8 Å². The highest BCUT2D eigenvalue weighted by Crippen LogP contribution is 2.14. The van der Waals surface area contributed by atoms with Gasteiger partial charge in [0.25, 0.3) is 6.43 Å². The molecule has 0 aromatic carbocycles. The van der Waals surface area contributed by atoms with Gasteiger partial charge < -0.3 is 4.74 Å². The second-order valence-electron chi connectivity index (χ2n) is 2.63. The number of alkyl halides is 2. The fraction of sp³-hybridized carbons (Fsp3) is 0.500. The molecule has 0 aliphatic rings. The van der Waals surface area contributed by atoms with Crippen LogP contribution in [0.4, 0.5) is 8.78 Å². The van der Waals surface area contributed by atoms with Crippen molar-refractivity contribution in [1.82, 2.24) is 9.78 Å². The van der Waals surface area contributed by atoms with Crippen LogP contribution in [0.3, 0.4) is 0 Å². The lowest BCUT2D eigenvalue weighted by atomic mass is 10.4. The summed E-state index contributed by atoms with van der Waals surface area (Å²) in [5.41, 5.74) is 0.0813. The lowest BCUT2D eigenvalue weighted by Gasteiger charge is -2.06. The van der Waals surface area contributed by atoms with Gasteiger partial charge in [-0.1, -0.05) is 0 Å². The van der Waals surface area contributed by atoms with Gasteiger partial charge in [-0.25, -0.2) is 13.6 Å². The summed E-state index contributed by atoms with van der Waals surface area (Å²) in [5.74, 6) is -0.625. The SMILES string of the molecule is CCOC(=O)c1c(I)cnn1CC(F)F. The number of aromatic nitrogens is 2. The molecule has 0 aliphatic heterocycles. The van der Waals surface area contributed by atoms with E-state index in [1.54, 1.807) is 6.92 Å². The molecule has 0 aliphatic carbocycles. The Labute approximate surface area is 98.7 Å². The summed E-state index contributed by atoms with van der Waals surface area (Å²) in [6.07, 6.45) is -1.19. The van der Waals surface area contributed by atoms with Crippen molar-refractivity contribution in [1.29, 1.82) is 0 Å². The number of ether oxygens (including phenoxy) is 1. The number of halogens is 3. The number of rotatable bonds is 4. The summed E-state index contributed by atoms with van der Waals surface area (Å²) >= 11 is 1.85. The minimum absolute atomic E-state index is 0.0813. The second kappa shape index (κ2) is 5.38. The zero-order valence-corrected chi connectivity index (χ0v) is 10.1. The lowest BCUT2D eigenvalue weighted by molar-refractivity contribution is 0.0501. The van der Waals surface area contributed by atoms with Gasteiger partial charge in [-0.15, -0.1) is 0 Å². The van der Waals surface area contributed by atoms with Crippen LogP contribution in [0.5, 0.6) is 0 Å². The van der Waals surface area contributed by atoms with Gasteiger partial charge in [0, 0.05) is 0 Å². The number of hydrogen-bond donors (Lipinski definition) is 0. The Hall–Kier alpha value is -0.730. The molecule has 84 valence electrons. The van der Waals surface area contributed by atoms with E-state index >= 15 is 0 Å². The molecule has 1 heterocycles. The first-order valence-electron chi connectivity index (χ1n) is 4.22. The minimum atomic E-state index is -2.55. The third kappa shape index (κ3) is 3.11. The third-order valence-electron chi connectivity index (χ3n) is 1.57. The average Bonchev–Trinajstić information content (AvgIpc) is 2.46. The van der Waals surface area contributed by atoms with Crippen LogP contribution in [0.2, 0.25) is 0 Å². The second-order valence-corrected chi connectivity index (χ2v) is 3.80. The van der Waals surface area contributed by atoms with Crippen molar-refractivity contribution >= 4 is 28.6 Å². The summed E-state index contributed by atoms with van der Waals surface area (Å²) < 4.78 is 30.5. The molecule has 1 rings (SSSR count). The molecule has 0 unspecified atom stereocenters. The Bertz CT molecular complexity index is 354. The van der Waals surface area contributed by atoms with Crippen molar-refractivity contribution in [3.05, 3.63) is 15.5 Å². The van der Waals surface area contributed by atoms with E-state index in [4.69, 9.17) is 4.74 Å². The fourth-order valence-corrected chi connectivity index (χ4v) is 1.66. The maximum Gasteiger partial charge on any atom is 0.357 e. The predicted octanol–water partition coefficient (Wildman–Crippen LogP) is 1.93. The van der Waals surface area contributed by atoms with E-state index in [-0.39, 0.29) is 12.3 Å². The summed E-state index contributed by atoms with van der Waals surface area (Å²) in [7, 11) is 0. The van der Waals surface area contributed by atoms with Crippen LogP contribution in [0.15, 0.2) is 6.20 Å². The van der Waals surface area contributed by atoms with Crippen LogP contribution >= 0.6 is 22.6 Å². The number of hydrogen-bond acceptors (Lipinski definition) is 3. The molecule has 7 heteroatoms. The van der Waals surface area contributed by atoms with Crippen molar-refractivity contribution < 1.29 is 18.3 Å². The molecule has 1 aromatic rings. The Morgan fingerprint density at radius 3 is 2.93 bits per heavy atom. The molecule has 0 spiro atoms. The highest BCUT2D eigenvalue weighted by atomic mass is 127. The quantitative estimate of drug-likeness (QED) is 0.626. The normalized spacial score (nSPS) is 10.7. The molecular formula is C8H9F2IN2O2. The van der Waals surface area contributed by atoms with E-state index in [1.165, 1.54) is 6.20 Å². The van der Waals surface area contributed by atoms with Crippen molar-refractivity contribution in [3.8, 4) is 0 Å². The number of carbonyl (C=O) groups excluding carboxylic acids is 1. The number of esters is 1. The average molecular weight is 330 g/mol. The third-order valence-corrected chi connectivity index (χ3v) is 2.36. The first-order chi connectivity index (χ1) is 7.06. The number of nitrogens with zero attached hydrogens (tertiary/aromatic N) is 2. The minimum Gasteiger partial charge on any atom is -0.461 e. The van der Waals surface area contributed by atoms with Crippen LogP contribution in [0.1, 0.15) is 17.4 Å². The smallest absolute Gasteiger partial charge is 0.357 e. The molecule has 0 N–H and O–H groups in total. The van der Waals surface area contributed by atoms with E-state index in [9.17, 15) is 13.6 Å². The maximum atomic E-state index is 12.1. The molecule has 4 nitrogen and oxygen atoms in total. The van der Waals surface area contributed by atoms with Gasteiger partial charge in [0.05, 0.1) is 16.4 Å². The zero-order chi connectivity index (χ0) is 11.4. The Morgan fingerprint density at radius 2 is 2.40 bits per heavy atom. The van der Waals surface area contributed by atoms with E-state index < -0.39 is 18.9 Å². The molecule has 0 fully saturated rings. The Morgan fingerprint density at radius 1 is 1.73 bits per heavy atom. The molecule has 0 amide bonds. The Kier molecular flexibility index (Phi) is 4.43. The van der Waals surface area contributed by atoms with Crippen molar-refractivity contribution in [2.45, 2.75) is 19.9 Å². The van der Waals surface area contributed by atoms with E-state index in [0.29, 0.717) is 3.57 Å². The Balaban J connectivity index is 2.93. The molecule has 15 heavy (non-hydrogen) atoms. The molecule has 0 saturated heterocycles. The van der Waals surface area contributed by atoms with Crippen LogP contribution in [-0.2, 0) is 11.3 Å². The standard InChI is InChI=1S/C8H9F2IN2O2/c1-2-15-8(14)7-5(11)3-12-13(7)4-6(9)10/h3,6H,2,4H2,1H3. The molecule has 0 saturated carbocycles. The summed E-state index contributed by atoms with van der Waals surface area (Å²) in [6, 6.07) is 0. The van der Waals surface area contributed by atoms with Crippen molar-refractivity contribution in [3.63, 3.8) is 0 Å². The van der Waals surface area contributed by atoms with Gasteiger partial charge in [0.1, 0.15) is 6.54 Å². The molecule has 0 radical (unpaired) electrons. The van der Waals surface area contributed by atoms with Gasteiger partial charge >= 0.3 is 5.97 Å². The van der Waals surface area contributed by atoms with Gasteiger partial charge in [-0.05, 0) is 29.5 Å². The van der Waals surface area contributed by atoms with Crippen LogP contribution < -0.4 is 0 Å². The molecule has 0 atom stereocenters. The monoisotopic (exact) mass is 330 g/mol. The summed E-state index contributed by atoms with van der Waals surface area (Å²) in [5, 5.41) is 3.69. The highest BCUT2D eigenvalue weighted by molar-refractivity contribution is 14.1. The van der Waals surface area contributed by atoms with Crippen LogP contribution in [0, 0.1) is 3.57 Å². The topological polar surface area (TPSA) is 44.1 Å². The summed E-state index contributed by atoms with van der Waals surface area (Å²) in [6.45, 7) is 1.25. The molecule has 0 bridgehead atoms. The van der Waals surface area contributed by atoms with Crippen molar-refractivity contribution in [2.75, 3.05) is 6.61 Å². The summed E-state index contributed by atoms with van der Waals surface area (Å²) in [4.78, 5) is 11.4. The van der Waals surface area contributed by atoms with E-state index in [1.807, 2.05) is 22.6 Å². The van der Waals surface area contributed by atoms with Gasteiger partial charge in [-0.3, -0.25) is 4.68 Å². The maximum absolute atomic E-state index is 12.1. The molecule has 1 aromatic heterocycles. The van der Waals surface area contributed by atoms with E-state index in [2.05, 4.69) is 5.10 Å². The van der Waals surface area contributed by atoms with E-state index in [0.717, 1.165) is 4.68 Å². The van der Waals surface area contributed by atoms with Gasteiger partial charge in [0.2, 0.25) is 0 Å². The van der Waals surface area contributed by atoms with Crippen molar-refractivity contribution in [2.24, 2.45) is 0 Å². The zero-order valence-electron chi connectivity index (χ0n) is 7.91. The predicted molar refractivity (Wildman–Crippen MR) is 56.9 cm³/mol. The molecular weight excluding hydrogens is 321 g/mol. The number of carbonyl (C=O) groups is 1. The first kappa shape index (κ1) is 12.3. The first-order valence-corrected chi connectivity index (χ1v) is 5.30. The van der Waals surface area contributed by atoms with Crippen LogP contribution in [0.25, 0.3) is 0 Å². The largest absolute Gasteiger partial charge is 0.461 e.